The van der Waals surface area contributed by atoms with Crippen LogP contribution in [0, 0.1) is 0 Å². The number of nitrogens with zero attached hydrogens (tertiary/aromatic N) is 2. The average Bonchev–Trinajstić information content (AvgIpc) is 3.20. The zero-order valence-corrected chi connectivity index (χ0v) is 14.9. The highest BCUT2D eigenvalue weighted by Crippen LogP contribution is 2.31. The Morgan fingerprint density at radius 1 is 1.16 bits per heavy atom. The summed E-state index contributed by atoms with van der Waals surface area (Å²) in [5.41, 5.74) is 4.68. The smallest absolute Gasteiger partial charge is 0.231 e. The third-order valence-corrected chi connectivity index (χ3v) is 5.58. The predicted octanol–water partition coefficient (Wildman–Crippen LogP) is 3.45. The van der Waals surface area contributed by atoms with E-state index in [4.69, 9.17) is 0 Å². The highest BCUT2D eigenvalue weighted by atomic mass is 16.2. The molecule has 2 aliphatic rings. The van der Waals surface area contributed by atoms with Crippen LogP contribution in [-0.4, -0.2) is 37.0 Å². The summed E-state index contributed by atoms with van der Waals surface area (Å²) in [4.78, 5) is 16.1. The molecule has 25 heavy (non-hydrogen) atoms. The fourth-order valence-corrected chi connectivity index (χ4v) is 3.99. The van der Waals surface area contributed by atoms with Crippen molar-refractivity contribution in [1.82, 2.24) is 4.90 Å². The third-order valence-electron chi connectivity index (χ3n) is 5.58. The second-order valence-corrected chi connectivity index (χ2v) is 7.18. The molecule has 4 nitrogen and oxygen atoms in total. The van der Waals surface area contributed by atoms with Crippen LogP contribution >= 0.6 is 0 Å². The van der Waals surface area contributed by atoms with E-state index in [2.05, 4.69) is 65.7 Å². The number of carbonyl (C=O) groups excluding carboxylic acids is 1. The summed E-state index contributed by atoms with van der Waals surface area (Å²) >= 11 is 0. The number of fused-ring (bicyclic) bond motifs is 1. The van der Waals surface area contributed by atoms with E-state index in [1.165, 1.54) is 5.56 Å². The molecule has 4 rings (SSSR count). The minimum atomic E-state index is 0.177. The molecule has 2 heterocycles. The molecule has 2 aromatic rings. The first-order chi connectivity index (χ1) is 12.1. The van der Waals surface area contributed by atoms with Gasteiger partial charge in [-0.1, -0.05) is 30.3 Å². The van der Waals surface area contributed by atoms with Crippen molar-refractivity contribution in [3.05, 3.63) is 59.7 Å². The van der Waals surface area contributed by atoms with Crippen LogP contribution in [0.5, 0.6) is 0 Å². The normalized spacial score (nSPS) is 21.4. The van der Waals surface area contributed by atoms with Gasteiger partial charge in [0.25, 0.3) is 0 Å². The van der Waals surface area contributed by atoms with Crippen LogP contribution in [0.15, 0.2) is 48.5 Å². The minimum absolute atomic E-state index is 0.177. The van der Waals surface area contributed by atoms with Crippen molar-refractivity contribution in [2.75, 3.05) is 30.4 Å². The van der Waals surface area contributed by atoms with Crippen molar-refractivity contribution in [3.8, 4) is 0 Å². The highest BCUT2D eigenvalue weighted by Gasteiger charge is 2.28. The van der Waals surface area contributed by atoms with Gasteiger partial charge in [0, 0.05) is 43.6 Å². The lowest BCUT2D eigenvalue weighted by Crippen LogP contribution is -2.28. The molecule has 2 atom stereocenters. The number of hydrogen-bond acceptors (Lipinski definition) is 3. The lowest BCUT2D eigenvalue weighted by atomic mass is 10.1. The van der Waals surface area contributed by atoms with Gasteiger partial charge >= 0.3 is 0 Å². The Morgan fingerprint density at radius 3 is 2.76 bits per heavy atom. The summed E-state index contributed by atoms with van der Waals surface area (Å²) in [5.74, 6) is 0.177. The number of likely N-dealkylation sites (tertiary alicyclic amines) is 1. The van der Waals surface area contributed by atoms with E-state index in [9.17, 15) is 4.79 Å². The topological polar surface area (TPSA) is 35.6 Å². The molecular weight excluding hydrogens is 310 g/mol. The molecule has 0 aliphatic carbocycles. The Balaban J connectivity index is 1.40. The Morgan fingerprint density at radius 2 is 1.96 bits per heavy atom. The van der Waals surface area contributed by atoms with Gasteiger partial charge in [-0.25, -0.2) is 0 Å². The standard InChI is InChI=1S/C21H25N3O/c1-15(16-6-4-3-5-7-16)24-11-10-19(14-24)22-18-8-9-20-17(12-18)13-21(25)23(20)2/h3-9,12,15,19,22H,10-11,13-14H2,1-2H3/t15-,19+/m1/s1. The maximum atomic E-state index is 11.8. The van der Waals surface area contributed by atoms with Crippen molar-refractivity contribution in [3.63, 3.8) is 0 Å². The zero-order valence-electron chi connectivity index (χ0n) is 14.9. The van der Waals surface area contributed by atoms with Crippen molar-refractivity contribution in [1.29, 1.82) is 0 Å². The molecule has 0 bridgehead atoms. The number of hydrogen-bond donors (Lipinski definition) is 1. The van der Waals surface area contributed by atoms with E-state index in [-0.39, 0.29) is 5.91 Å². The fourth-order valence-electron chi connectivity index (χ4n) is 3.99. The summed E-state index contributed by atoms with van der Waals surface area (Å²) in [5, 5.41) is 3.67. The first-order valence-electron chi connectivity index (χ1n) is 9.07. The van der Waals surface area contributed by atoms with Crippen molar-refractivity contribution < 1.29 is 4.79 Å². The second kappa shape index (κ2) is 6.52. The Bertz CT molecular complexity index is 774. The van der Waals surface area contributed by atoms with Gasteiger partial charge in [-0.2, -0.15) is 0 Å². The van der Waals surface area contributed by atoms with Crippen molar-refractivity contribution in [2.45, 2.75) is 31.8 Å². The summed E-state index contributed by atoms with van der Waals surface area (Å²) in [6.45, 7) is 4.44. The van der Waals surface area contributed by atoms with Crippen LogP contribution in [0.1, 0.15) is 30.5 Å². The van der Waals surface area contributed by atoms with E-state index in [1.54, 1.807) is 4.90 Å². The van der Waals surface area contributed by atoms with E-state index in [0.29, 0.717) is 18.5 Å². The molecular formula is C21H25N3O. The quantitative estimate of drug-likeness (QED) is 0.929. The average molecular weight is 335 g/mol. The number of carbonyl (C=O) groups is 1. The molecule has 130 valence electrons. The van der Waals surface area contributed by atoms with Crippen LogP contribution in [0.4, 0.5) is 11.4 Å². The highest BCUT2D eigenvalue weighted by molar-refractivity contribution is 6.01. The van der Waals surface area contributed by atoms with Crippen LogP contribution < -0.4 is 10.2 Å². The molecule has 0 saturated carbocycles. The summed E-state index contributed by atoms with van der Waals surface area (Å²) in [7, 11) is 1.85. The predicted molar refractivity (Wildman–Crippen MR) is 102 cm³/mol. The summed E-state index contributed by atoms with van der Waals surface area (Å²) in [6.07, 6.45) is 1.66. The fraction of sp³-hybridized carbons (Fsp3) is 0.381. The summed E-state index contributed by atoms with van der Waals surface area (Å²) in [6, 6.07) is 17.9. The zero-order chi connectivity index (χ0) is 17.4. The minimum Gasteiger partial charge on any atom is -0.381 e. The third kappa shape index (κ3) is 3.14. The number of anilines is 2. The molecule has 4 heteroatoms. The largest absolute Gasteiger partial charge is 0.381 e. The Labute approximate surface area is 149 Å². The van der Waals surface area contributed by atoms with Gasteiger partial charge in [0.05, 0.1) is 6.42 Å². The van der Waals surface area contributed by atoms with Gasteiger partial charge in [-0.05, 0) is 42.7 Å². The van der Waals surface area contributed by atoms with E-state index in [1.807, 2.05) is 7.05 Å². The number of amides is 1. The van der Waals surface area contributed by atoms with Gasteiger partial charge in [0.2, 0.25) is 5.91 Å². The molecule has 2 aromatic carbocycles. The molecule has 1 N–H and O–H groups in total. The maximum Gasteiger partial charge on any atom is 0.231 e. The van der Waals surface area contributed by atoms with Gasteiger partial charge in [-0.15, -0.1) is 0 Å². The summed E-state index contributed by atoms with van der Waals surface area (Å²) < 4.78 is 0. The van der Waals surface area contributed by atoms with Gasteiger partial charge in [0.15, 0.2) is 0 Å². The number of benzene rings is 2. The molecule has 1 amide bonds. The van der Waals surface area contributed by atoms with Crippen LogP contribution in [0.2, 0.25) is 0 Å². The monoisotopic (exact) mass is 335 g/mol. The van der Waals surface area contributed by atoms with Crippen molar-refractivity contribution >= 4 is 17.3 Å². The molecule has 1 saturated heterocycles. The first-order valence-corrected chi connectivity index (χ1v) is 9.07. The second-order valence-electron chi connectivity index (χ2n) is 7.18. The molecule has 1 fully saturated rings. The van der Waals surface area contributed by atoms with E-state index < -0.39 is 0 Å². The van der Waals surface area contributed by atoms with Gasteiger partial charge in [0.1, 0.15) is 0 Å². The first kappa shape index (κ1) is 16.2. The van der Waals surface area contributed by atoms with E-state index >= 15 is 0 Å². The Kier molecular flexibility index (Phi) is 4.22. The Hall–Kier alpha value is -2.33. The van der Waals surface area contributed by atoms with Gasteiger partial charge in [-0.3, -0.25) is 9.69 Å². The van der Waals surface area contributed by atoms with Crippen LogP contribution in [0.25, 0.3) is 0 Å². The molecule has 0 aromatic heterocycles. The number of nitrogens with one attached hydrogen (secondary N) is 1. The number of likely N-dealkylation sites (N-methyl/N-ethyl adjacent to an activating group) is 1. The lowest BCUT2D eigenvalue weighted by Gasteiger charge is -2.25. The molecule has 0 unspecified atom stereocenters. The SMILES string of the molecule is C[C@H](c1ccccc1)N1CC[C@H](Nc2ccc3c(c2)CC(=O)N3C)C1. The van der Waals surface area contributed by atoms with Gasteiger partial charge < -0.3 is 10.2 Å². The molecule has 2 aliphatic heterocycles. The van der Waals surface area contributed by atoms with Crippen LogP contribution in [0.3, 0.4) is 0 Å². The number of rotatable bonds is 4. The van der Waals surface area contributed by atoms with Crippen molar-refractivity contribution in [2.24, 2.45) is 0 Å². The van der Waals surface area contributed by atoms with E-state index in [0.717, 1.165) is 36.4 Å². The molecule has 0 radical (unpaired) electrons. The lowest BCUT2D eigenvalue weighted by molar-refractivity contribution is -0.117. The maximum absolute atomic E-state index is 11.8. The molecule has 0 spiro atoms. The van der Waals surface area contributed by atoms with Crippen LogP contribution in [-0.2, 0) is 11.2 Å².